The summed E-state index contributed by atoms with van der Waals surface area (Å²) in [4.78, 5) is 15.2. The van der Waals surface area contributed by atoms with Crippen molar-refractivity contribution in [3.8, 4) is 16.8 Å². The smallest absolute Gasteiger partial charge is 0.379 e. The topological polar surface area (TPSA) is 85.2 Å². The molecule has 1 saturated heterocycles. The monoisotopic (exact) mass is 460 g/mol. The molecule has 0 aliphatic carbocycles. The van der Waals surface area contributed by atoms with Crippen LogP contribution in [0, 0.1) is 0 Å². The summed E-state index contributed by atoms with van der Waals surface area (Å²) in [7, 11) is 0. The van der Waals surface area contributed by atoms with E-state index in [1.54, 1.807) is 6.07 Å². The highest BCUT2D eigenvalue weighted by molar-refractivity contribution is 5.96. The van der Waals surface area contributed by atoms with Gasteiger partial charge in [0.1, 0.15) is 6.33 Å². The van der Waals surface area contributed by atoms with Crippen LogP contribution in [0.2, 0.25) is 0 Å². The molecular formula is C22H23F3N6O2. The third-order valence-corrected chi connectivity index (χ3v) is 5.35. The van der Waals surface area contributed by atoms with Crippen LogP contribution in [0.4, 0.5) is 13.2 Å². The summed E-state index contributed by atoms with van der Waals surface area (Å²) in [6.45, 7) is 5.40. The number of benzene rings is 2. The molecule has 11 heteroatoms. The molecule has 174 valence electrons. The minimum Gasteiger partial charge on any atom is -0.379 e. The lowest BCUT2D eigenvalue weighted by Gasteiger charge is -2.29. The number of aromatic nitrogens is 4. The van der Waals surface area contributed by atoms with Crippen molar-refractivity contribution in [2.45, 2.75) is 19.1 Å². The van der Waals surface area contributed by atoms with Crippen LogP contribution in [-0.2, 0) is 10.9 Å². The second kappa shape index (κ2) is 9.67. The van der Waals surface area contributed by atoms with E-state index in [1.165, 1.54) is 41.3 Å². The van der Waals surface area contributed by atoms with Crippen LogP contribution in [0.3, 0.4) is 0 Å². The highest BCUT2D eigenvalue weighted by Crippen LogP contribution is 2.37. The van der Waals surface area contributed by atoms with Gasteiger partial charge in [-0.2, -0.15) is 13.2 Å². The summed E-state index contributed by atoms with van der Waals surface area (Å²) in [6.07, 6.45) is -3.23. The molecule has 1 aliphatic heterocycles. The molecule has 2 heterocycles. The maximum atomic E-state index is 13.6. The average Bonchev–Trinajstić information content (AvgIpc) is 3.34. The molecule has 1 aliphatic rings. The zero-order valence-electron chi connectivity index (χ0n) is 17.9. The Labute approximate surface area is 188 Å². The van der Waals surface area contributed by atoms with Crippen molar-refractivity contribution in [1.29, 1.82) is 0 Å². The first-order chi connectivity index (χ1) is 15.8. The number of rotatable bonds is 6. The Hall–Kier alpha value is -3.31. The van der Waals surface area contributed by atoms with Crippen LogP contribution < -0.4 is 5.32 Å². The Morgan fingerprint density at radius 2 is 1.94 bits per heavy atom. The zero-order valence-corrected chi connectivity index (χ0v) is 17.9. The third-order valence-electron chi connectivity index (χ3n) is 5.35. The minimum absolute atomic E-state index is 0.0321. The van der Waals surface area contributed by atoms with Gasteiger partial charge in [-0.25, -0.2) is 4.68 Å². The van der Waals surface area contributed by atoms with Crippen LogP contribution >= 0.6 is 0 Å². The van der Waals surface area contributed by atoms with Crippen LogP contribution in [0.25, 0.3) is 16.8 Å². The Kier molecular flexibility index (Phi) is 6.70. The minimum atomic E-state index is -4.55. The lowest BCUT2D eigenvalue weighted by molar-refractivity contribution is -0.137. The average molecular weight is 460 g/mol. The first-order valence-electron chi connectivity index (χ1n) is 10.5. The second-order valence-electron chi connectivity index (χ2n) is 7.85. The van der Waals surface area contributed by atoms with E-state index in [-0.39, 0.29) is 22.7 Å². The summed E-state index contributed by atoms with van der Waals surface area (Å²) in [5.41, 5.74) is 0.00687. The Morgan fingerprint density at radius 3 is 2.64 bits per heavy atom. The van der Waals surface area contributed by atoms with Crippen LogP contribution in [0.5, 0.6) is 0 Å². The van der Waals surface area contributed by atoms with Crippen molar-refractivity contribution >= 4 is 5.91 Å². The lowest BCUT2D eigenvalue weighted by atomic mass is 9.96. The normalized spacial score (nSPS) is 15.9. The van der Waals surface area contributed by atoms with Crippen LogP contribution in [-0.4, -0.2) is 69.9 Å². The van der Waals surface area contributed by atoms with Gasteiger partial charge in [0.05, 0.1) is 24.5 Å². The van der Waals surface area contributed by atoms with Gasteiger partial charge in [0, 0.05) is 31.2 Å². The summed E-state index contributed by atoms with van der Waals surface area (Å²) < 4.78 is 47.5. The molecule has 1 atom stereocenters. The molecule has 3 aromatic rings. The van der Waals surface area contributed by atoms with Gasteiger partial charge in [-0.3, -0.25) is 9.69 Å². The number of carbonyl (C=O) groups is 1. The van der Waals surface area contributed by atoms with Gasteiger partial charge in [-0.15, -0.1) is 5.10 Å². The molecule has 2 aromatic carbocycles. The maximum absolute atomic E-state index is 13.6. The van der Waals surface area contributed by atoms with Crippen molar-refractivity contribution in [1.82, 2.24) is 30.4 Å². The number of halogens is 3. The first-order valence-corrected chi connectivity index (χ1v) is 10.5. The summed E-state index contributed by atoms with van der Waals surface area (Å²) in [5.74, 6) is -0.392. The van der Waals surface area contributed by atoms with Gasteiger partial charge in [0.15, 0.2) is 0 Å². The number of alkyl halides is 3. The fourth-order valence-electron chi connectivity index (χ4n) is 3.82. The molecule has 8 nitrogen and oxygen atoms in total. The molecule has 33 heavy (non-hydrogen) atoms. The van der Waals surface area contributed by atoms with Crippen LogP contribution in [0.1, 0.15) is 22.8 Å². The fourth-order valence-corrected chi connectivity index (χ4v) is 3.82. The van der Waals surface area contributed by atoms with E-state index in [0.717, 1.165) is 19.2 Å². The molecule has 1 aromatic heterocycles. The van der Waals surface area contributed by atoms with E-state index in [1.807, 2.05) is 6.92 Å². The zero-order chi connectivity index (χ0) is 23.4. The number of ether oxygens (including phenoxy) is 1. The largest absolute Gasteiger partial charge is 0.417 e. The standard InChI is InChI=1S/C22H23F3N6O2/c1-15(13-30-6-8-33-9-7-30)27-21(32)17-10-16(11-18(12-17)31-14-26-28-29-31)19-4-2-3-5-20(19)22(23,24)25/h2-5,10-12,14-15H,6-9,13H2,1H3,(H,27,32)/t15-/m1/s1. The van der Waals surface area contributed by atoms with Crippen molar-refractivity contribution < 1.29 is 22.7 Å². The predicted octanol–water partition coefficient (Wildman–Crippen LogP) is 2.80. The third kappa shape index (κ3) is 5.55. The number of hydrogen-bond donors (Lipinski definition) is 1. The molecule has 0 radical (unpaired) electrons. The van der Waals surface area contributed by atoms with E-state index in [4.69, 9.17) is 4.74 Å². The predicted molar refractivity (Wildman–Crippen MR) is 114 cm³/mol. The van der Waals surface area contributed by atoms with Gasteiger partial charge in [0.2, 0.25) is 0 Å². The number of hydrogen-bond acceptors (Lipinski definition) is 6. The SMILES string of the molecule is C[C@H](CN1CCOCC1)NC(=O)c1cc(-c2ccccc2C(F)(F)F)cc(-n2cnnn2)c1. The van der Waals surface area contributed by atoms with Gasteiger partial charge in [-0.05, 0) is 52.7 Å². The molecule has 1 N–H and O–H groups in total. The van der Waals surface area contributed by atoms with Crippen LogP contribution in [0.15, 0.2) is 48.8 Å². The molecule has 0 spiro atoms. The number of nitrogens with one attached hydrogen (secondary N) is 1. The number of tetrazole rings is 1. The van der Waals surface area contributed by atoms with Gasteiger partial charge in [0.25, 0.3) is 5.91 Å². The van der Waals surface area contributed by atoms with E-state index in [0.29, 0.717) is 25.4 Å². The van der Waals surface area contributed by atoms with E-state index in [9.17, 15) is 18.0 Å². The Bertz CT molecular complexity index is 1100. The molecule has 1 amide bonds. The van der Waals surface area contributed by atoms with Gasteiger partial charge < -0.3 is 10.1 Å². The highest BCUT2D eigenvalue weighted by atomic mass is 19.4. The molecular weight excluding hydrogens is 437 g/mol. The molecule has 1 fully saturated rings. The molecule has 0 bridgehead atoms. The molecule has 0 saturated carbocycles. The quantitative estimate of drug-likeness (QED) is 0.609. The summed E-state index contributed by atoms with van der Waals surface area (Å²) in [5, 5.41) is 13.9. The lowest BCUT2D eigenvalue weighted by Crippen LogP contribution is -2.46. The number of carbonyl (C=O) groups excluding carboxylic acids is 1. The number of amides is 1. The van der Waals surface area contributed by atoms with Crippen molar-refractivity contribution in [2.24, 2.45) is 0 Å². The molecule has 0 unspecified atom stereocenters. The van der Waals surface area contributed by atoms with Gasteiger partial charge >= 0.3 is 6.18 Å². The van der Waals surface area contributed by atoms with E-state index < -0.39 is 17.6 Å². The highest BCUT2D eigenvalue weighted by Gasteiger charge is 2.33. The summed E-state index contributed by atoms with van der Waals surface area (Å²) >= 11 is 0. The van der Waals surface area contributed by atoms with Crippen molar-refractivity contribution in [3.05, 3.63) is 59.9 Å². The van der Waals surface area contributed by atoms with Crippen molar-refractivity contribution in [2.75, 3.05) is 32.8 Å². The number of morpholine rings is 1. The summed E-state index contributed by atoms with van der Waals surface area (Å²) in [6, 6.07) is 9.61. The van der Waals surface area contributed by atoms with Gasteiger partial charge in [-0.1, -0.05) is 18.2 Å². The molecule has 4 rings (SSSR count). The maximum Gasteiger partial charge on any atom is 0.417 e. The first kappa shape index (κ1) is 22.9. The Balaban J connectivity index is 1.66. The van der Waals surface area contributed by atoms with E-state index in [2.05, 4.69) is 25.7 Å². The number of nitrogens with zero attached hydrogens (tertiary/aromatic N) is 5. The van der Waals surface area contributed by atoms with E-state index >= 15 is 0 Å². The van der Waals surface area contributed by atoms with Crippen molar-refractivity contribution in [3.63, 3.8) is 0 Å². The second-order valence-corrected chi connectivity index (χ2v) is 7.85. The fraction of sp³-hybridized carbons (Fsp3) is 0.364. The Morgan fingerprint density at radius 1 is 1.18 bits per heavy atom.